The van der Waals surface area contributed by atoms with E-state index in [1.165, 1.54) is 0 Å². The van der Waals surface area contributed by atoms with Crippen LogP contribution in [-0.2, 0) is 0 Å². The van der Waals surface area contributed by atoms with E-state index >= 15 is 0 Å². The molecule has 0 atom stereocenters. The van der Waals surface area contributed by atoms with Crippen molar-refractivity contribution in [2.45, 2.75) is 0 Å². The number of nitrogens with two attached hydrogens (primary N) is 1. The summed E-state index contributed by atoms with van der Waals surface area (Å²) in [5.41, 5.74) is 8.31. The van der Waals surface area contributed by atoms with E-state index in [1.54, 1.807) is 31.3 Å². The van der Waals surface area contributed by atoms with Crippen LogP contribution in [-0.4, -0.2) is 13.0 Å². The number of anilines is 3. The van der Waals surface area contributed by atoms with Crippen LogP contribution in [0, 0.1) is 0 Å². The fourth-order valence-corrected chi connectivity index (χ4v) is 2.22. The van der Waals surface area contributed by atoms with Crippen molar-refractivity contribution < 1.29 is 4.79 Å². The van der Waals surface area contributed by atoms with E-state index in [2.05, 4.69) is 26.6 Å². The van der Waals surface area contributed by atoms with E-state index in [4.69, 9.17) is 17.3 Å². The number of amides is 1. The SMILES string of the molecule is CNC(=O)c1ccc(N)cc1Nc1ccc(Cl)c(Br)c1. The average Bonchev–Trinajstić information content (AvgIpc) is 2.42. The Hall–Kier alpha value is -1.72. The van der Waals surface area contributed by atoms with Crippen molar-refractivity contribution in [3.05, 3.63) is 51.5 Å². The lowest BCUT2D eigenvalue weighted by molar-refractivity contribution is 0.0964. The van der Waals surface area contributed by atoms with Crippen LogP contribution in [0.4, 0.5) is 17.1 Å². The summed E-state index contributed by atoms with van der Waals surface area (Å²) in [6.07, 6.45) is 0. The molecule has 0 fully saturated rings. The Morgan fingerprint density at radius 3 is 2.65 bits per heavy atom. The van der Waals surface area contributed by atoms with Gasteiger partial charge in [0.1, 0.15) is 0 Å². The number of benzene rings is 2. The Labute approximate surface area is 130 Å². The molecule has 0 saturated heterocycles. The molecule has 0 heterocycles. The summed E-state index contributed by atoms with van der Waals surface area (Å²) in [7, 11) is 1.58. The van der Waals surface area contributed by atoms with Crippen LogP contribution in [0.2, 0.25) is 5.02 Å². The van der Waals surface area contributed by atoms with Gasteiger partial charge in [-0.2, -0.15) is 0 Å². The molecule has 0 aromatic heterocycles. The number of hydrogen-bond acceptors (Lipinski definition) is 3. The quantitative estimate of drug-likeness (QED) is 0.735. The minimum atomic E-state index is -0.180. The van der Waals surface area contributed by atoms with Gasteiger partial charge in [0.05, 0.1) is 16.3 Å². The lowest BCUT2D eigenvalue weighted by Gasteiger charge is -2.12. The first-order chi connectivity index (χ1) is 9.51. The molecule has 6 heteroatoms. The third-order valence-electron chi connectivity index (χ3n) is 2.71. The highest BCUT2D eigenvalue weighted by molar-refractivity contribution is 9.10. The maximum atomic E-state index is 11.8. The molecule has 0 unspecified atom stereocenters. The standard InChI is InChI=1S/C14H13BrClN3O/c1-18-14(20)10-4-2-8(17)6-13(10)19-9-3-5-12(16)11(15)7-9/h2-7,19H,17H2,1H3,(H,18,20). The van der Waals surface area contributed by atoms with Crippen molar-refractivity contribution >= 4 is 50.5 Å². The molecule has 20 heavy (non-hydrogen) atoms. The van der Waals surface area contributed by atoms with Crippen LogP contribution >= 0.6 is 27.5 Å². The molecule has 4 nitrogen and oxygen atoms in total. The summed E-state index contributed by atoms with van der Waals surface area (Å²) >= 11 is 9.31. The van der Waals surface area contributed by atoms with Crippen LogP contribution in [0.5, 0.6) is 0 Å². The van der Waals surface area contributed by atoms with Crippen molar-refractivity contribution in [2.24, 2.45) is 0 Å². The Bertz CT molecular complexity index is 661. The summed E-state index contributed by atoms with van der Waals surface area (Å²) in [6.45, 7) is 0. The van der Waals surface area contributed by atoms with Gasteiger partial charge in [0.25, 0.3) is 5.91 Å². The lowest BCUT2D eigenvalue weighted by Crippen LogP contribution is -2.19. The van der Waals surface area contributed by atoms with Gasteiger partial charge in [-0.1, -0.05) is 11.6 Å². The van der Waals surface area contributed by atoms with Crippen LogP contribution in [0.1, 0.15) is 10.4 Å². The van der Waals surface area contributed by atoms with Crippen LogP contribution in [0.3, 0.4) is 0 Å². The molecule has 2 rings (SSSR count). The molecule has 1 amide bonds. The zero-order chi connectivity index (χ0) is 14.7. The maximum absolute atomic E-state index is 11.8. The third-order valence-corrected chi connectivity index (χ3v) is 3.93. The number of carbonyl (C=O) groups excluding carboxylic acids is 1. The summed E-state index contributed by atoms with van der Waals surface area (Å²) in [4.78, 5) is 11.8. The second-order valence-corrected chi connectivity index (χ2v) is 5.40. The molecule has 0 spiro atoms. The van der Waals surface area contributed by atoms with Gasteiger partial charge in [-0.05, 0) is 52.3 Å². The number of rotatable bonds is 3. The minimum Gasteiger partial charge on any atom is -0.399 e. The van der Waals surface area contributed by atoms with Crippen molar-refractivity contribution in [1.82, 2.24) is 5.32 Å². The van der Waals surface area contributed by atoms with E-state index in [9.17, 15) is 4.79 Å². The number of nitrogens with one attached hydrogen (secondary N) is 2. The molecule has 0 aliphatic heterocycles. The Kier molecular flexibility index (Phi) is 4.52. The molecule has 0 aliphatic rings. The second-order valence-electron chi connectivity index (χ2n) is 4.14. The first kappa shape index (κ1) is 14.7. The van der Waals surface area contributed by atoms with Gasteiger partial charge in [-0.3, -0.25) is 4.79 Å². The summed E-state index contributed by atoms with van der Waals surface area (Å²) in [5.74, 6) is -0.180. The van der Waals surface area contributed by atoms with Gasteiger partial charge in [0.15, 0.2) is 0 Å². The van der Waals surface area contributed by atoms with Gasteiger partial charge in [0.2, 0.25) is 0 Å². The average molecular weight is 355 g/mol. The van der Waals surface area contributed by atoms with E-state index in [0.29, 0.717) is 22.0 Å². The van der Waals surface area contributed by atoms with Crippen LogP contribution in [0.25, 0.3) is 0 Å². The maximum Gasteiger partial charge on any atom is 0.253 e. The number of halogens is 2. The molecule has 4 N–H and O–H groups in total. The largest absolute Gasteiger partial charge is 0.399 e. The third kappa shape index (κ3) is 3.23. The predicted molar refractivity (Wildman–Crippen MR) is 86.7 cm³/mol. The van der Waals surface area contributed by atoms with E-state index in [0.717, 1.165) is 10.2 Å². The first-order valence-electron chi connectivity index (χ1n) is 5.85. The topological polar surface area (TPSA) is 67.2 Å². The molecule has 0 saturated carbocycles. The predicted octanol–water partition coefficient (Wildman–Crippen LogP) is 3.79. The lowest BCUT2D eigenvalue weighted by atomic mass is 10.1. The highest BCUT2D eigenvalue weighted by Crippen LogP contribution is 2.29. The van der Waals surface area contributed by atoms with Crippen molar-refractivity contribution in [1.29, 1.82) is 0 Å². The molecule has 104 valence electrons. The van der Waals surface area contributed by atoms with Crippen molar-refractivity contribution in [3.8, 4) is 0 Å². The van der Waals surface area contributed by atoms with E-state index < -0.39 is 0 Å². The normalized spacial score (nSPS) is 10.2. The van der Waals surface area contributed by atoms with Crippen molar-refractivity contribution in [3.63, 3.8) is 0 Å². The number of nitrogen functional groups attached to an aromatic ring is 1. The summed E-state index contributed by atoms with van der Waals surface area (Å²) in [5, 5.41) is 6.38. The Balaban J connectivity index is 2.38. The van der Waals surface area contributed by atoms with Gasteiger partial charge in [-0.15, -0.1) is 0 Å². The fourth-order valence-electron chi connectivity index (χ4n) is 1.73. The van der Waals surface area contributed by atoms with Crippen LogP contribution in [0.15, 0.2) is 40.9 Å². The zero-order valence-corrected chi connectivity index (χ0v) is 13.0. The summed E-state index contributed by atoms with van der Waals surface area (Å²) < 4.78 is 0.773. The first-order valence-corrected chi connectivity index (χ1v) is 7.02. The molecule has 2 aromatic carbocycles. The second kappa shape index (κ2) is 6.15. The smallest absolute Gasteiger partial charge is 0.253 e. The molecule has 0 bridgehead atoms. The highest BCUT2D eigenvalue weighted by Gasteiger charge is 2.11. The molecule has 2 aromatic rings. The van der Waals surface area contributed by atoms with Crippen molar-refractivity contribution in [2.75, 3.05) is 18.1 Å². The monoisotopic (exact) mass is 353 g/mol. The molecular formula is C14H13BrClN3O. The van der Waals surface area contributed by atoms with E-state index in [-0.39, 0.29) is 5.91 Å². The van der Waals surface area contributed by atoms with Gasteiger partial charge in [-0.25, -0.2) is 0 Å². The molecule has 0 aliphatic carbocycles. The minimum absolute atomic E-state index is 0.180. The number of hydrogen-bond donors (Lipinski definition) is 3. The molecular weight excluding hydrogens is 342 g/mol. The summed E-state index contributed by atoms with van der Waals surface area (Å²) in [6, 6.07) is 10.5. The van der Waals surface area contributed by atoms with Gasteiger partial charge < -0.3 is 16.4 Å². The van der Waals surface area contributed by atoms with Crippen LogP contribution < -0.4 is 16.4 Å². The van der Waals surface area contributed by atoms with Gasteiger partial charge in [0, 0.05) is 22.9 Å². The van der Waals surface area contributed by atoms with E-state index in [1.807, 2.05) is 12.1 Å². The number of carbonyl (C=O) groups is 1. The molecule has 0 radical (unpaired) electrons. The fraction of sp³-hybridized carbons (Fsp3) is 0.0714. The Morgan fingerprint density at radius 2 is 2.00 bits per heavy atom. The van der Waals surface area contributed by atoms with Gasteiger partial charge >= 0.3 is 0 Å². The highest BCUT2D eigenvalue weighted by atomic mass is 79.9. The Morgan fingerprint density at radius 1 is 1.25 bits per heavy atom. The zero-order valence-electron chi connectivity index (χ0n) is 10.7.